The van der Waals surface area contributed by atoms with Gasteiger partial charge in [-0.2, -0.15) is 13.2 Å². The highest BCUT2D eigenvalue weighted by atomic mass is 19.4. The standard InChI is InChI=1S/C22H32F3N3/c23-22(24,25)18-6-4-9-20(16-18)26-12-14-27(15-13-26)21-10-5-11-28(17-21)19-7-2-1-3-8-19/h4,6,9,16,19,21H,1-3,5,7-8,10-15,17H2/t21-/m0/s1. The van der Waals surface area contributed by atoms with E-state index in [1.807, 2.05) is 0 Å². The number of alkyl halides is 3. The van der Waals surface area contributed by atoms with Crippen molar-refractivity contribution in [2.75, 3.05) is 44.2 Å². The molecule has 3 nitrogen and oxygen atoms in total. The van der Waals surface area contributed by atoms with Gasteiger partial charge in [0.2, 0.25) is 0 Å². The minimum absolute atomic E-state index is 0.553. The Morgan fingerprint density at radius 2 is 1.46 bits per heavy atom. The van der Waals surface area contributed by atoms with Crippen LogP contribution in [0.25, 0.3) is 0 Å². The lowest BCUT2D eigenvalue weighted by molar-refractivity contribution is -0.137. The molecule has 2 aliphatic heterocycles. The zero-order valence-electron chi connectivity index (χ0n) is 16.6. The molecular formula is C22H32F3N3. The Labute approximate surface area is 166 Å². The predicted octanol–water partition coefficient (Wildman–Crippen LogP) is 4.62. The van der Waals surface area contributed by atoms with Gasteiger partial charge in [-0.05, 0) is 50.4 Å². The van der Waals surface area contributed by atoms with Gasteiger partial charge < -0.3 is 4.90 Å². The first-order chi connectivity index (χ1) is 13.5. The molecule has 28 heavy (non-hydrogen) atoms. The monoisotopic (exact) mass is 395 g/mol. The number of halogens is 3. The van der Waals surface area contributed by atoms with E-state index >= 15 is 0 Å². The number of hydrogen-bond acceptors (Lipinski definition) is 3. The van der Waals surface area contributed by atoms with E-state index in [0.717, 1.165) is 38.3 Å². The quantitative estimate of drug-likeness (QED) is 0.739. The van der Waals surface area contributed by atoms with Crippen molar-refractivity contribution >= 4 is 5.69 Å². The topological polar surface area (TPSA) is 9.72 Å². The third kappa shape index (κ3) is 4.65. The summed E-state index contributed by atoms with van der Waals surface area (Å²) < 4.78 is 39.0. The highest BCUT2D eigenvalue weighted by molar-refractivity contribution is 5.49. The molecule has 0 bridgehead atoms. The molecule has 1 aromatic rings. The SMILES string of the molecule is FC(F)(F)c1cccc(N2CCN([C@H]3CCCN(C4CCCCC4)C3)CC2)c1. The van der Waals surface area contributed by atoms with Crippen molar-refractivity contribution in [3.63, 3.8) is 0 Å². The number of likely N-dealkylation sites (tertiary alicyclic amines) is 1. The zero-order valence-corrected chi connectivity index (χ0v) is 16.6. The van der Waals surface area contributed by atoms with E-state index in [9.17, 15) is 13.2 Å². The van der Waals surface area contributed by atoms with E-state index < -0.39 is 11.7 Å². The molecule has 0 spiro atoms. The van der Waals surface area contributed by atoms with Crippen LogP contribution in [-0.2, 0) is 6.18 Å². The molecule has 4 rings (SSSR count). The van der Waals surface area contributed by atoms with Crippen LogP contribution in [0.5, 0.6) is 0 Å². The fraction of sp³-hybridized carbons (Fsp3) is 0.727. The van der Waals surface area contributed by atoms with E-state index in [0.29, 0.717) is 11.7 Å². The Hall–Kier alpha value is -1.27. The first kappa shape index (κ1) is 20.0. The van der Waals surface area contributed by atoms with Crippen molar-refractivity contribution in [1.29, 1.82) is 0 Å². The average molecular weight is 396 g/mol. The van der Waals surface area contributed by atoms with Gasteiger partial charge in [-0.1, -0.05) is 25.3 Å². The molecule has 1 atom stereocenters. The normalized spacial score (nSPS) is 26.5. The van der Waals surface area contributed by atoms with E-state index in [1.165, 1.54) is 70.2 Å². The third-order valence-corrected chi connectivity index (χ3v) is 6.89. The zero-order chi connectivity index (χ0) is 19.6. The van der Waals surface area contributed by atoms with Gasteiger partial charge in [-0.3, -0.25) is 9.80 Å². The number of piperazine rings is 1. The Bertz CT molecular complexity index is 634. The molecule has 0 aromatic heterocycles. The maximum Gasteiger partial charge on any atom is 0.416 e. The summed E-state index contributed by atoms with van der Waals surface area (Å²) in [7, 11) is 0. The van der Waals surface area contributed by atoms with Crippen LogP contribution in [0.1, 0.15) is 50.5 Å². The van der Waals surface area contributed by atoms with E-state index in [-0.39, 0.29) is 0 Å². The summed E-state index contributed by atoms with van der Waals surface area (Å²) in [6, 6.07) is 7.16. The molecule has 1 saturated carbocycles. The Balaban J connectivity index is 1.32. The first-order valence-electron chi connectivity index (χ1n) is 10.9. The molecule has 3 fully saturated rings. The van der Waals surface area contributed by atoms with Crippen molar-refractivity contribution < 1.29 is 13.2 Å². The number of rotatable bonds is 3. The molecule has 0 N–H and O–H groups in total. The van der Waals surface area contributed by atoms with Gasteiger partial charge in [0.1, 0.15) is 0 Å². The number of anilines is 1. The summed E-state index contributed by atoms with van der Waals surface area (Å²) in [5, 5.41) is 0. The van der Waals surface area contributed by atoms with Crippen LogP contribution in [0.4, 0.5) is 18.9 Å². The molecule has 6 heteroatoms. The highest BCUT2D eigenvalue weighted by Gasteiger charge is 2.33. The summed E-state index contributed by atoms with van der Waals surface area (Å²) >= 11 is 0. The van der Waals surface area contributed by atoms with E-state index in [1.54, 1.807) is 6.07 Å². The molecule has 1 aliphatic carbocycles. The molecule has 0 radical (unpaired) electrons. The van der Waals surface area contributed by atoms with Gasteiger partial charge in [-0.25, -0.2) is 0 Å². The lowest BCUT2D eigenvalue weighted by Crippen LogP contribution is -2.56. The molecule has 0 unspecified atom stereocenters. The summed E-state index contributed by atoms with van der Waals surface area (Å²) in [4.78, 5) is 7.42. The summed E-state index contributed by atoms with van der Waals surface area (Å²) in [5.41, 5.74) is 0.143. The van der Waals surface area contributed by atoms with Crippen LogP contribution in [0, 0.1) is 0 Å². The van der Waals surface area contributed by atoms with Gasteiger partial charge in [0.15, 0.2) is 0 Å². The van der Waals surface area contributed by atoms with Gasteiger partial charge in [0.05, 0.1) is 5.56 Å². The Morgan fingerprint density at radius 1 is 0.750 bits per heavy atom. The molecule has 0 amide bonds. The van der Waals surface area contributed by atoms with Gasteiger partial charge >= 0.3 is 6.18 Å². The minimum Gasteiger partial charge on any atom is -0.369 e. The first-order valence-corrected chi connectivity index (χ1v) is 10.9. The largest absolute Gasteiger partial charge is 0.416 e. The number of hydrogen-bond donors (Lipinski definition) is 0. The van der Waals surface area contributed by atoms with Gasteiger partial charge in [0.25, 0.3) is 0 Å². The number of benzene rings is 1. The van der Waals surface area contributed by atoms with Crippen LogP contribution in [0.3, 0.4) is 0 Å². The maximum atomic E-state index is 13.0. The van der Waals surface area contributed by atoms with Crippen molar-refractivity contribution in [3.8, 4) is 0 Å². The van der Waals surface area contributed by atoms with Gasteiger partial charge in [0, 0.05) is 50.5 Å². The lowest BCUT2D eigenvalue weighted by atomic mass is 9.91. The predicted molar refractivity (Wildman–Crippen MR) is 107 cm³/mol. The summed E-state index contributed by atoms with van der Waals surface area (Å²) in [6.07, 6.45) is 5.12. The van der Waals surface area contributed by atoms with E-state index in [2.05, 4.69) is 14.7 Å². The highest BCUT2D eigenvalue weighted by Crippen LogP contribution is 2.32. The summed E-state index contributed by atoms with van der Waals surface area (Å²) in [6.45, 7) is 5.92. The van der Waals surface area contributed by atoms with Gasteiger partial charge in [-0.15, -0.1) is 0 Å². The van der Waals surface area contributed by atoms with Crippen molar-refractivity contribution in [2.24, 2.45) is 0 Å². The van der Waals surface area contributed by atoms with Crippen molar-refractivity contribution in [1.82, 2.24) is 9.80 Å². The van der Waals surface area contributed by atoms with E-state index in [4.69, 9.17) is 0 Å². The Morgan fingerprint density at radius 3 is 2.18 bits per heavy atom. The fourth-order valence-electron chi connectivity index (χ4n) is 5.28. The average Bonchev–Trinajstić information content (AvgIpc) is 2.74. The molecule has 156 valence electrons. The molecule has 3 aliphatic rings. The van der Waals surface area contributed by atoms with Crippen LogP contribution in [-0.4, -0.2) is 61.2 Å². The van der Waals surface area contributed by atoms with Crippen LogP contribution >= 0.6 is 0 Å². The molecule has 2 saturated heterocycles. The molecule has 1 aromatic carbocycles. The minimum atomic E-state index is -4.28. The number of piperidine rings is 1. The second-order valence-corrected chi connectivity index (χ2v) is 8.65. The second kappa shape index (κ2) is 8.62. The van der Waals surface area contributed by atoms with Crippen molar-refractivity contribution in [3.05, 3.63) is 29.8 Å². The molecular weight excluding hydrogens is 363 g/mol. The lowest BCUT2D eigenvalue weighted by Gasteiger charge is -2.46. The molecule has 2 heterocycles. The van der Waals surface area contributed by atoms with Crippen LogP contribution < -0.4 is 4.90 Å². The number of nitrogens with zero attached hydrogens (tertiary/aromatic N) is 3. The second-order valence-electron chi connectivity index (χ2n) is 8.65. The van der Waals surface area contributed by atoms with Crippen LogP contribution in [0.2, 0.25) is 0 Å². The van der Waals surface area contributed by atoms with Crippen molar-refractivity contribution in [2.45, 2.75) is 63.2 Å². The smallest absolute Gasteiger partial charge is 0.369 e. The van der Waals surface area contributed by atoms with Crippen LogP contribution in [0.15, 0.2) is 24.3 Å². The maximum absolute atomic E-state index is 13.0. The third-order valence-electron chi connectivity index (χ3n) is 6.89. The summed E-state index contributed by atoms with van der Waals surface area (Å²) in [5.74, 6) is 0. The fourth-order valence-corrected chi connectivity index (χ4v) is 5.28. The Kier molecular flexibility index (Phi) is 6.16.